The van der Waals surface area contributed by atoms with Crippen molar-refractivity contribution >= 4 is 17.8 Å². The first-order valence-corrected chi connectivity index (χ1v) is 13.3. The number of rotatable bonds is 8. The second kappa shape index (κ2) is 11.2. The van der Waals surface area contributed by atoms with Crippen LogP contribution in [0, 0.1) is 0 Å². The summed E-state index contributed by atoms with van der Waals surface area (Å²) in [5.41, 5.74) is 3.76. The molecule has 4 aromatic carbocycles. The van der Waals surface area contributed by atoms with E-state index in [1.165, 1.54) is 0 Å². The molecule has 0 amide bonds. The average Bonchev–Trinajstić information content (AvgIpc) is 3.32. The Balaban J connectivity index is 1.36. The maximum absolute atomic E-state index is 13.3. The number of fused-ring (bicyclic) bond motifs is 3. The molecule has 7 nitrogen and oxygen atoms in total. The van der Waals surface area contributed by atoms with Crippen molar-refractivity contribution in [3.8, 4) is 28.7 Å². The normalized spacial score (nSPS) is 16.4. The van der Waals surface area contributed by atoms with Crippen molar-refractivity contribution < 1.29 is 33.3 Å². The minimum atomic E-state index is -0.476. The summed E-state index contributed by atoms with van der Waals surface area (Å²) in [6.07, 6.45) is 2.43. The second-order valence-electron chi connectivity index (χ2n) is 9.76. The van der Waals surface area contributed by atoms with Gasteiger partial charge in [-0.3, -0.25) is 9.59 Å². The second-order valence-corrected chi connectivity index (χ2v) is 9.76. The standard InChI is InChI=1S/C34H28O7/c1-37-23-13-11-21(12-14-23)17-18-39-33-24(9-6-10-28(33)38-2)26-20-30(35)40-27-16-15-25-32(36)29(41-34(25)31(26)27)19-22-7-4-3-5-8-22/h3-16,19,26H,17-18,20H2,1-2H3. The molecule has 0 radical (unpaired) electrons. The first-order valence-electron chi connectivity index (χ1n) is 13.3. The monoisotopic (exact) mass is 548 g/mol. The van der Waals surface area contributed by atoms with Crippen LogP contribution in [-0.2, 0) is 11.2 Å². The Labute approximate surface area is 237 Å². The molecule has 0 saturated carbocycles. The number of carbonyl (C=O) groups excluding carboxylic acids is 2. The van der Waals surface area contributed by atoms with E-state index in [9.17, 15) is 9.59 Å². The summed E-state index contributed by atoms with van der Waals surface area (Å²) in [4.78, 5) is 26.1. The van der Waals surface area contributed by atoms with Gasteiger partial charge in [0.15, 0.2) is 17.3 Å². The van der Waals surface area contributed by atoms with E-state index in [0.717, 1.165) is 22.4 Å². The third-order valence-corrected chi connectivity index (χ3v) is 7.28. The average molecular weight is 549 g/mol. The molecule has 0 fully saturated rings. The van der Waals surface area contributed by atoms with E-state index in [4.69, 9.17) is 23.7 Å². The topological polar surface area (TPSA) is 80.3 Å². The summed E-state index contributed by atoms with van der Waals surface area (Å²) in [5.74, 6) is 1.79. The van der Waals surface area contributed by atoms with Crippen molar-refractivity contribution in [3.05, 3.63) is 119 Å². The number of carbonyl (C=O) groups is 2. The molecule has 2 heterocycles. The minimum Gasteiger partial charge on any atom is -0.497 e. The zero-order valence-electron chi connectivity index (χ0n) is 22.7. The summed E-state index contributed by atoms with van der Waals surface area (Å²) >= 11 is 0. The van der Waals surface area contributed by atoms with Gasteiger partial charge in [0.05, 0.1) is 32.8 Å². The van der Waals surface area contributed by atoms with Gasteiger partial charge in [0.2, 0.25) is 5.78 Å². The SMILES string of the molecule is COc1ccc(CCOc2c(OC)cccc2C2CC(=O)Oc3ccc4c(c32)OC(=Cc2ccccc2)C4=O)cc1. The Morgan fingerprint density at radius 2 is 1.66 bits per heavy atom. The van der Waals surface area contributed by atoms with Crippen molar-refractivity contribution in [1.29, 1.82) is 0 Å². The molecular weight excluding hydrogens is 520 g/mol. The highest BCUT2D eigenvalue weighted by Gasteiger charge is 2.39. The van der Waals surface area contributed by atoms with Crippen LogP contribution in [0.3, 0.4) is 0 Å². The summed E-state index contributed by atoms with van der Waals surface area (Å²) in [6.45, 7) is 0.384. The van der Waals surface area contributed by atoms with Crippen LogP contribution in [0.1, 0.15) is 45.0 Å². The quantitative estimate of drug-likeness (QED) is 0.144. The van der Waals surface area contributed by atoms with Gasteiger partial charge in [0.25, 0.3) is 0 Å². The van der Waals surface area contributed by atoms with Crippen molar-refractivity contribution in [2.24, 2.45) is 0 Å². The molecule has 41 heavy (non-hydrogen) atoms. The summed E-state index contributed by atoms with van der Waals surface area (Å²) in [6, 6.07) is 26.2. The van der Waals surface area contributed by atoms with Crippen LogP contribution < -0.4 is 23.7 Å². The third-order valence-electron chi connectivity index (χ3n) is 7.28. The van der Waals surface area contributed by atoms with Gasteiger partial charge in [-0.15, -0.1) is 0 Å². The number of esters is 1. The van der Waals surface area contributed by atoms with Crippen LogP contribution >= 0.6 is 0 Å². The molecule has 0 saturated heterocycles. The molecule has 0 aromatic heterocycles. The van der Waals surface area contributed by atoms with Crippen LogP contribution in [0.2, 0.25) is 0 Å². The van der Waals surface area contributed by atoms with Crippen molar-refractivity contribution in [2.75, 3.05) is 20.8 Å². The van der Waals surface area contributed by atoms with E-state index in [2.05, 4.69) is 0 Å². The molecular formula is C34H28O7. The predicted octanol–water partition coefficient (Wildman–Crippen LogP) is 6.38. The van der Waals surface area contributed by atoms with Crippen LogP contribution in [-0.4, -0.2) is 32.6 Å². The minimum absolute atomic E-state index is 0.0563. The van der Waals surface area contributed by atoms with Gasteiger partial charge < -0.3 is 23.7 Å². The molecule has 0 aliphatic carbocycles. The van der Waals surface area contributed by atoms with Gasteiger partial charge in [-0.05, 0) is 47.5 Å². The maximum atomic E-state index is 13.3. The van der Waals surface area contributed by atoms with Crippen molar-refractivity contribution in [3.63, 3.8) is 0 Å². The number of allylic oxidation sites excluding steroid dienone is 1. The molecule has 2 aliphatic rings. The Morgan fingerprint density at radius 3 is 2.41 bits per heavy atom. The van der Waals surface area contributed by atoms with E-state index in [-0.39, 0.29) is 23.9 Å². The first kappa shape index (κ1) is 26.2. The third kappa shape index (κ3) is 5.14. The van der Waals surface area contributed by atoms with Gasteiger partial charge in [-0.25, -0.2) is 0 Å². The van der Waals surface area contributed by atoms with Crippen LogP contribution in [0.4, 0.5) is 0 Å². The molecule has 1 unspecified atom stereocenters. The van der Waals surface area contributed by atoms with Gasteiger partial charge in [-0.2, -0.15) is 0 Å². The fraction of sp³-hybridized carbons (Fsp3) is 0.176. The van der Waals surface area contributed by atoms with Gasteiger partial charge in [0.1, 0.15) is 17.2 Å². The number of benzene rings is 4. The van der Waals surface area contributed by atoms with Crippen LogP contribution in [0.5, 0.6) is 28.7 Å². The molecule has 1 atom stereocenters. The lowest BCUT2D eigenvalue weighted by Crippen LogP contribution is -2.22. The van der Waals surface area contributed by atoms with Crippen LogP contribution in [0.15, 0.2) is 90.7 Å². The molecule has 206 valence electrons. The highest BCUT2D eigenvalue weighted by molar-refractivity contribution is 6.15. The van der Waals surface area contributed by atoms with E-state index < -0.39 is 5.92 Å². The van der Waals surface area contributed by atoms with E-state index in [1.54, 1.807) is 32.4 Å². The number of hydrogen-bond acceptors (Lipinski definition) is 7. The smallest absolute Gasteiger partial charge is 0.312 e. The van der Waals surface area contributed by atoms with Crippen molar-refractivity contribution in [2.45, 2.75) is 18.8 Å². The molecule has 0 N–H and O–H groups in total. The Bertz CT molecular complexity index is 1640. The zero-order valence-corrected chi connectivity index (χ0v) is 22.7. The Morgan fingerprint density at radius 1 is 0.854 bits per heavy atom. The molecule has 0 bridgehead atoms. The lowest BCUT2D eigenvalue weighted by Gasteiger charge is -2.28. The number of Topliss-reactive ketones (excluding diaryl/α,β-unsaturated/α-hetero) is 1. The number of hydrogen-bond donors (Lipinski definition) is 0. The number of ether oxygens (including phenoxy) is 5. The van der Waals surface area contributed by atoms with E-state index in [1.807, 2.05) is 72.8 Å². The molecule has 2 aliphatic heterocycles. The predicted molar refractivity (Wildman–Crippen MR) is 153 cm³/mol. The van der Waals surface area contributed by atoms with Gasteiger partial charge in [0, 0.05) is 23.5 Å². The van der Waals surface area contributed by atoms with Crippen LogP contribution in [0.25, 0.3) is 6.08 Å². The fourth-order valence-electron chi connectivity index (χ4n) is 5.26. The molecule has 0 spiro atoms. The summed E-state index contributed by atoms with van der Waals surface area (Å²) < 4.78 is 29.1. The van der Waals surface area contributed by atoms with E-state index in [0.29, 0.717) is 47.2 Å². The first-order chi connectivity index (χ1) is 20.1. The fourth-order valence-corrected chi connectivity index (χ4v) is 5.26. The highest BCUT2D eigenvalue weighted by Crippen LogP contribution is 2.51. The number of ketones is 1. The molecule has 6 rings (SSSR count). The lowest BCUT2D eigenvalue weighted by atomic mass is 9.84. The largest absolute Gasteiger partial charge is 0.497 e. The maximum Gasteiger partial charge on any atom is 0.312 e. The summed E-state index contributed by atoms with van der Waals surface area (Å²) in [7, 11) is 3.22. The Kier molecular flexibility index (Phi) is 7.17. The van der Waals surface area contributed by atoms with Gasteiger partial charge >= 0.3 is 5.97 Å². The van der Waals surface area contributed by atoms with E-state index >= 15 is 0 Å². The number of methoxy groups -OCH3 is 2. The zero-order chi connectivity index (χ0) is 28.3. The molecule has 4 aromatic rings. The van der Waals surface area contributed by atoms with Gasteiger partial charge in [-0.1, -0.05) is 54.6 Å². The Hall–Kier alpha value is -5.04. The lowest BCUT2D eigenvalue weighted by molar-refractivity contribution is -0.135. The molecule has 7 heteroatoms. The highest BCUT2D eigenvalue weighted by atomic mass is 16.5. The summed E-state index contributed by atoms with van der Waals surface area (Å²) in [5, 5.41) is 0. The van der Waals surface area contributed by atoms with Crippen molar-refractivity contribution in [1.82, 2.24) is 0 Å². The number of para-hydroxylation sites is 1.